The Kier molecular flexibility index (Phi) is 6.95. The first-order valence-corrected chi connectivity index (χ1v) is 9.04. The SMILES string of the molecule is CCCCCCc1ccc(C2CC(CCCC)C(=O)O2)cc1. The molecule has 2 unspecified atom stereocenters. The monoisotopic (exact) mass is 302 g/mol. The van der Waals surface area contributed by atoms with Crippen LogP contribution in [0.4, 0.5) is 0 Å². The van der Waals surface area contributed by atoms with Crippen molar-refractivity contribution in [3.05, 3.63) is 35.4 Å². The predicted octanol–water partition coefficient (Wildman–Crippen LogP) is 5.60. The lowest BCUT2D eigenvalue weighted by molar-refractivity contribution is -0.144. The van der Waals surface area contributed by atoms with Crippen LogP contribution in [0.15, 0.2) is 24.3 Å². The summed E-state index contributed by atoms with van der Waals surface area (Å²) in [6.07, 6.45) is 10.4. The lowest BCUT2D eigenvalue weighted by atomic mass is 9.95. The molecular formula is C20H30O2. The van der Waals surface area contributed by atoms with Gasteiger partial charge in [0, 0.05) is 6.42 Å². The van der Waals surface area contributed by atoms with E-state index in [4.69, 9.17) is 4.74 Å². The van der Waals surface area contributed by atoms with E-state index in [9.17, 15) is 4.79 Å². The fourth-order valence-corrected chi connectivity index (χ4v) is 3.18. The van der Waals surface area contributed by atoms with Crippen LogP contribution in [0.3, 0.4) is 0 Å². The molecule has 22 heavy (non-hydrogen) atoms. The minimum atomic E-state index is -0.0245. The molecule has 0 radical (unpaired) electrons. The lowest BCUT2D eigenvalue weighted by Gasteiger charge is -2.10. The van der Waals surface area contributed by atoms with Crippen LogP contribution >= 0.6 is 0 Å². The number of ether oxygens (including phenoxy) is 1. The van der Waals surface area contributed by atoms with Crippen molar-refractivity contribution in [1.29, 1.82) is 0 Å². The normalized spacial score (nSPS) is 21.1. The Balaban J connectivity index is 1.84. The summed E-state index contributed by atoms with van der Waals surface area (Å²) < 4.78 is 5.57. The summed E-state index contributed by atoms with van der Waals surface area (Å²) in [5.41, 5.74) is 2.55. The third kappa shape index (κ3) is 4.86. The molecule has 0 N–H and O–H groups in total. The van der Waals surface area contributed by atoms with Gasteiger partial charge in [-0.3, -0.25) is 4.79 Å². The second-order valence-corrected chi connectivity index (χ2v) is 6.55. The minimum Gasteiger partial charge on any atom is -0.457 e. The van der Waals surface area contributed by atoms with E-state index in [0.717, 1.165) is 37.7 Å². The van der Waals surface area contributed by atoms with Crippen molar-refractivity contribution in [1.82, 2.24) is 0 Å². The molecule has 0 saturated carbocycles. The molecule has 1 fully saturated rings. The molecular weight excluding hydrogens is 272 g/mol. The van der Waals surface area contributed by atoms with Gasteiger partial charge in [0.15, 0.2) is 0 Å². The molecule has 0 bridgehead atoms. The van der Waals surface area contributed by atoms with Crippen LogP contribution in [-0.2, 0) is 16.0 Å². The van der Waals surface area contributed by atoms with E-state index in [0.29, 0.717) is 0 Å². The first-order valence-electron chi connectivity index (χ1n) is 9.04. The van der Waals surface area contributed by atoms with Gasteiger partial charge in [0.1, 0.15) is 6.10 Å². The Morgan fingerprint density at radius 1 is 1.00 bits per heavy atom. The highest BCUT2D eigenvalue weighted by Gasteiger charge is 2.34. The molecule has 2 rings (SSSR count). The molecule has 1 saturated heterocycles. The molecule has 1 aliphatic heterocycles. The minimum absolute atomic E-state index is 0.00194. The van der Waals surface area contributed by atoms with Crippen LogP contribution in [-0.4, -0.2) is 5.97 Å². The standard InChI is InChI=1S/C20H30O2/c1-3-5-7-8-9-16-11-13-17(14-12-16)19-15-18(10-6-4-2)20(21)22-19/h11-14,18-19H,3-10,15H2,1-2H3. The number of cyclic esters (lactones) is 1. The Hall–Kier alpha value is -1.31. The topological polar surface area (TPSA) is 26.3 Å². The van der Waals surface area contributed by atoms with Crippen LogP contribution in [0, 0.1) is 5.92 Å². The van der Waals surface area contributed by atoms with Crippen LogP contribution in [0.25, 0.3) is 0 Å². The number of aryl methyl sites for hydroxylation is 1. The maximum absolute atomic E-state index is 11.9. The van der Waals surface area contributed by atoms with E-state index in [-0.39, 0.29) is 18.0 Å². The number of carbonyl (C=O) groups excluding carboxylic acids is 1. The third-order valence-electron chi connectivity index (χ3n) is 4.67. The zero-order valence-corrected chi connectivity index (χ0v) is 14.1. The lowest BCUT2D eigenvalue weighted by Crippen LogP contribution is -2.06. The summed E-state index contributed by atoms with van der Waals surface area (Å²) in [4.78, 5) is 11.9. The molecule has 122 valence electrons. The Morgan fingerprint density at radius 3 is 2.41 bits per heavy atom. The van der Waals surface area contributed by atoms with E-state index < -0.39 is 0 Å². The molecule has 2 heteroatoms. The molecule has 2 nitrogen and oxygen atoms in total. The highest BCUT2D eigenvalue weighted by molar-refractivity contribution is 5.74. The van der Waals surface area contributed by atoms with Crippen LogP contribution in [0.2, 0.25) is 0 Å². The first-order chi connectivity index (χ1) is 10.7. The average molecular weight is 302 g/mol. The van der Waals surface area contributed by atoms with E-state index in [2.05, 4.69) is 38.1 Å². The summed E-state index contributed by atoms with van der Waals surface area (Å²) in [6.45, 7) is 4.41. The number of benzene rings is 1. The van der Waals surface area contributed by atoms with Gasteiger partial charge in [-0.2, -0.15) is 0 Å². The smallest absolute Gasteiger partial charge is 0.309 e. The molecule has 0 spiro atoms. The summed E-state index contributed by atoms with van der Waals surface area (Å²) in [7, 11) is 0. The van der Waals surface area contributed by atoms with Gasteiger partial charge in [-0.05, 0) is 30.4 Å². The molecule has 1 heterocycles. The largest absolute Gasteiger partial charge is 0.457 e. The molecule has 1 aliphatic rings. The van der Waals surface area contributed by atoms with Gasteiger partial charge < -0.3 is 4.74 Å². The number of carbonyl (C=O) groups is 1. The van der Waals surface area contributed by atoms with Crippen LogP contribution in [0.1, 0.15) is 82.4 Å². The summed E-state index contributed by atoms with van der Waals surface area (Å²) in [6, 6.07) is 8.70. The second-order valence-electron chi connectivity index (χ2n) is 6.55. The van der Waals surface area contributed by atoms with Crippen molar-refractivity contribution in [2.45, 2.75) is 77.7 Å². The van der Waals surface area contributed by atoms with Crippen molar-refractivity contribution >= 4 is 5.97 Å². The molecule has 0 aliphatic carbocycles. The van der Waals surface area contributed by atoms with E-state index >= 15 is 0 Å². The van der Waals surface area contributed by atoms with Crippen LogP contribution < -0.4 is 0 Å². The predicted molar refractivity (Wildman–Crippen MR) is 90.8 cm³/mol. The van der Waals surface area contributed by atoms with Gasteiger partial charge in [-0.15, -0.1) is 0 Å². The molecule has 1 aromatic carbocycles. The first kappa shape index (κ1) is 17.1. The van der Waals surface area contributed by atoms with Gasteiger partial charge in [-0.25, -0.2) is 0 Å². The number of hydrogen-bond donors (Lipinski definition) is 0. The van der Waals surface area contributed by atoms with Crippen molar-refractivity contribution in [2.75, 3.05) is 0 Å². The van der Waals surface area contributed by atoms with Crippen LogP contribution in [0.5, 0.6) is 0 Å². The zero-order valence-electron chi connectivity index (χ0n) is 14.1. The molecule has 1 aromatic rings. The number of rotatable bonds is 9. The molecule has 0 amide bonds. The number of esters is 1. The van der Waals surface area contributed by atoms with E-state index in [1.54, 1.807) is 0 Å². The molecule has 0 aromatic heterocycles. The number of unbranched alkanes of at least 4 members (excludes halogenated alkanes) is 4. The summed E-state index contributed by atoms with van der Waals surface area (Å²) in [5.74, 6) is 0.112. The summed E-state index contributed by atoms with van der Waals surface area (Å²) >= 11 is 0. The van der Waals surface area contributed by atoms with Gasteiger partial charge >= 0.3 is 5.97 Å². The maximum Gasteiger partial charge on any atom is 0.309 e. The van der Waals surface area contributed by atoms with Crippen molar-refractivity contribution in [3.8, 4) is 0 Å². The second kappa shape index (κ2) is 8.97. The van der Waals surface area contributed by atoms with Crippen molar-refractivity contribution in [3.63, 3.8) is 0 Å². The fraction of sp³-hybridized carbons (Fsp3) is 0.650. The van der Waals surface area contributed by atoms with Gasteiger partial charge in [-0.1, -0.05) is 70.2 Å². The quantitative estimate of drug-likeness (QED) is 0.438. The number of hydrogen-bond acceptors (Lipinski definition) is 2. The van der Waals surface area contributed by atoms with Gasteiger partial charge in [0.2, 0.25) is 0 Å². The molecule has 2 atom stereocenters. The van der Waals surface area contributed by atoms with Gasteiger partial charge in [0.05, 0.1) is 5.92 Å². The van der Waals surface area contributed by atoms with Crippen molar-refractivity contribution < 1.29 is 9.53 Å². The Bertz CT molecular complexity index is 449. The fourth-order valence-electron chi connectivity index (χ4n) is 3.18. The third-order valence-corrected chi connectivity index (χ3v) is 4.67. The zero-order chi connectivity index (χ0) is 15.8. The highest BCUT2D eigenvalue weighted by atomic mass is 16.5. The Labute approximate surface area is 135 Å². The summed E-state index contributed by atoms with van der Waals surface area (Å²) in [5, 5.41) is 0. The van der Waals surface area contributed by atoms with Gasteiger partial charge in [0.25, 0.3) is 0 Å². The van der Waals surface area contributed by atoms with E-state index in [1.165, 1.54) is 31.2 Å². The van der Waals surface area contributed by atoms with Crippen molar-refractivity contribution in [2.24, 2.45) is 5.92 Å². The highest BCUT2D eigenvalue weighted by Crippen LogP contribution is 2.35. The maximum atomic E-state index is 11.9. The van der Waals surface area contributed by atoms with E-state index in [1.807, 2.05) is 0 Å². The Morgan fingerprint density at radius 2 is 1.73 bits per heavy atom. The average Bonchev–Trinajstić information content (AvgIpc) is 2.91.